The molecule has 0 saturated carbocycles. The second-order valence-corrected chi connectivity index (χ2v) is 8.64. The van der Waals surface area contributed by atoms with Crippen LogP contribution in [-0.2, 0) is 16.6 Å². The van der Waals surface area contributed by atoms with E-state index in [9.17, 15) is 8.42 Å². The van der Waals surface area contributed by atoms with Gasteiger partial charge in [0.2, 0.25) is 10.0 Å². The Hall–Kier alpha value is -0.410. The van der Waals surface area contributed by atoms with Gasteiger partial charge in [-0.1, -0.05) is 15.9 Å². The minimum atomic E-state index is -3.60. The van der Waals surface area contributed by atoms with E-state index < -0.39 is 10.0 Å². The fourth-order valence-corrected chi connectivity index (χ4v) is 5.09. The first-order chi connectivity index (χ1) is 9.31. The van der Waals surface area contributed by atoms with Crippen molar-refractivity contribution >= 4 is 58.9 Å². The first-order valence-corrected chi connectivity index (χ1v) is 9.53. The van der Waals surface area contributed by atoms with Gasteiger partial charge >= 0.3 is 0 Å². The lowest BCUT2D eigenvalue weighted by Gasteiger charge is -2.11. The number of thiophene rings is 1. The maximum absolute atomic E-state index is 12.4. The fourth-order valence-electron chi connectivity index (χ4n) is 1.64. The van der Waals surface area contributed by atoms with Gasteiger partial charge in [-0.3, -0.25) is 0 Å². The van der Waals surface area contributed by atoms with Crippen LogP contribution in [0.3, 0.4) is 0 Å². The van der Waals surface area contributed by atoms with Crippen molar-refractivity contribution in [3.8, 4) is 0 Å². The summed E-state index contributed by atoms with van der Waals surface area (Å²) in [6.45, 7) is 1.93. The molecule has 20 heavy (non-hydrogen) atoms. The molecule has 0 unspecified atom stereocenters. The van der Waals surface area contributed by atoms with Crippen LogP contribution in [0.4, 0.5) is 5.69 Å². The van der Waals surface area contributed by atoms with Crippen molar-refractivity contribution in [3.05, 3.63) is 43.0 Å². The van der Waals surface area contributed by atoms with Gasteiger partial charge in [-0.2, -0.15) is 0 Å². The van der Waals surface area contributed by atoms with Crippen LogP contribution in [0.2, 0.25) is 0 Å². The molecule has 2 rings (SSSR count). The van der Waals surface area contributed by atoms with Crippen molar-refractivity contribution < 1.29 is 8.42 Å². The minimum absolute atomic E-state index is 0.192. The summed E-state index contributed by atoms with van der Waals surface area (Å²) in [5, 5.41) is 1.90. The number of rotatable bonds is 4. The molecular weight excluding hydrogens is 428 g/mol. The van der Waals surface area contributed by atoms with Gasteiger partial charge in [0.15, 0.2) is 0 Å². The fraction of sp³-hybridized carbons (Fsp3) is 0.167. The zero-order valence-electron chi connectivity index (χ0n) is 10.5. The van der Waals surface area contributed by atoms with Crippen molar-refractivity contribution in [2.75, 3.05) is 5.73 Å². The second kappa shape index (κ2) is 6.15. The Morgan fingerprint density at radius 3 is 2.65 bits per heavy atom. The molecule has 4 nitrogen and oxygen atoms in total. The van der Waals surface area contributed by atoms with E-state index in [0.717, 1.165) is 9.35 Å². The molecule has 0 amide bonds. The van der Waals surface area contributed by atoms with Crippen LogP contribution < -0.4 is 10.5 Å². The predicted octanol–water partition coefficient (Wildman–Crippen LogP) is 3.64. The van der Waals surface area contributed by atoms with Crippen LogP contribution in [0.5, 0.6) is 0 Å². The highest BCUT2D eigenvalue weighted by atomic mass is 79.9. The molecule has 2 aromatic rings. The molecule has 0 spiro atoms. The Morgan fingerprint density at radius 2 is 2.05 bits per heavy atom. The van der Waals surface area contributed by atoms with Crippen molar-refractivity contribution in [2.24, 2.45) is 0 Å². The summed E-state index contributed by atoms with van der Waals surface area (Å²) in [6.07, 6.45) is 0. The summed E-state index contributed by atoms with van der Waals surface area (Å²) >= 11 is 8.13. The molecular formula is C12H12Br2N2O2S2. The number of benzene rings is 1. The predicted molar refractivity (Wildman–Crippen MR) is 89.3 cm³/mol. The lowest BCUT2D eigenvalue weighted by atomic mass is 10.2. The molecule has 0 atom stereocenters. The Labute approximate surface area is 138 Å². The molecule has 0 aliphatic heterocycles. The smallest absolute Gasteiger partial charge is 0.241 e. The van der Waals surface area contributed by atoms with E-state index >= 15 is 0 Å². The maximum atomic E-state index is 12.4. The number of nitrogens with one attached hydrogen (secondary N) is 1. The normalized spacial score (nSPS) is 11.8. The SMILES string of the molecule is Cc1c(N)cc(Br)cc1S(=O)(=O)NCc1sccc1Br. The van der Waals surface area contributed by atoms with Gasteiger partial charge in [-0.05, 0) is 52.0 Å². The Balaban J connectivity index is 2.29. The molecule has 0 saturated heterocycles. The molecule has 1 aromatic carbocycles. The van der Waals surface area contributed by atoms with Crippen LogP contribution in [0, 0.1) is 6.92 Å². The topological polar surface area (TPSA) is 72.2 Å². The van der Waals surface area contributed by atoms with E-state index in [1.165, 1.54) is 11.3 Å². The molecule has 0 aliphatic carbocycles. The van der Waals surface area contributed by atoms with Gasteiger partial charge in [0.05, 0.1) is 4.90 Å². The lowest BCUT2D eigenvalue weighted by Crippen LogP contribution is -2.24. The number of sulfonamides is 1. The van der Waals surface area contributed by atoms with Gasteiger partial charge in [-0.25, -0.2) is 13.1 Å². The highest BCUT2D eigenvalue weighted by Gasteiger charge is 2.19. The molecule has 108 valence electrons. The van der Waals surface area contributed by atoms with Crippen molar-refractivity contribution in [1.29, 1.82) is 0 Å². The van der Waals surface area contributed by atoms with Crippen molar-refractivity contribution in [3.63, 3.8) is 0 Å². The number of hydrogen-bond acceptors (Lipinski definition) is 4. The molecule has 0 aliphatic rings. The van der Waals surface area contributed by atoms with E-state index in [1.807, 2.05) is 11.4 Å². The number of hydrogen-bond donors (Lipinski definition) is 2. The third-order valence-corrected chi connectivity index (χ3v) is 6.68. The zero-order valence-corrected chi connectivity index (χ0v) is 15.3. The first-order valence-electron chi connectivity index (χ1n) is 5.58. The van der Waals surface area contributed by atoms with Crippen LogP contribution in [0.25, 0.3) is 0 Å². The number of nitrogens with two attached hydrogens (primary N) is 1. The van der Waals surface area contributed by atoms with Crippen LogP contribution in [-0.4, -0.2) is 8.42 Å². The molecule has 1 heterocycles. The maximum Gasteiger partial charge on any atom is 0.241 e. The quantitative estimate of drug-likeness (QED) is 0.714. The van der Waals surface area contributed by atoms with E-state index in [0.29, 0.717) is 15.7 Å². The molecule has 8 heteroatoms. The first kappa shape index (κ1) is 16.0. The minimum Gasteiger partial charge on any atom is -0.398 e. The summed E-state index contributed by atoms with van der Waals surface area (Å²) < 4.78 is 28.9. The summed E-state index contributed by atoms with van der Waals surface area (Å²) in [7, 11) is -3.60. The zero-order chi connectivity index (χ0) is 14.9. The number of halogens is 2. The molecule has 0 fully saturated rings. The van der Waals surface area contributed by atoms with E-state index in [2.05, 4.69) is 36.6 Å². The van der Waals surface area contributed by atoms with Gasteiger partial charge in [0.1, 0.15) is 0 Å². The van der Waals surface area contributed by atoms with Gasteiger partial charge in [0.25, 0.3) is 0 Å². The number of anilines is 1. The third kappa shape index (κ3) is 3.43. The summed E-state index contributed by atoms with van der Waals surface area (Å²) in [4.78, 5) is 1.12. The summed E-state index contributed by atoms with van der Waals surface area (Å²) in [6, 6.07) is 5.12. The lowest BCUT2D eigenvalue weighted by molar-refractivity contribution is 0.581. The highest BCUT2D eigenvalue weighted by molar-refractivity contribution is 9.10. The van der Waals surface area contributed by atoms with Gasteiger partial charge in [-0.15, -0.1) is 11.3 Å². The second-order valence-electron chi connectivity index (χ2n) is 4.13. The monoisotopic (exact) mass is 438 g/mol. The van der Waals surface area contributed by atoms with Crippen LogP contribution in [0.1, 0.15) is 10.4 Å². The highest BCUT2D eigenvalue weighted by Crippen LogP contribution is 2.27. The van der Waals surface area contributed by atoms with Crippen molar-refractivity contribution in [1.82, 2.24) is 4.72 Å². The largest absolute Gasteiger partial charge is 0.398 e. The van der Waals surface area contributed by atoms with E-state index in [1.54, 1.807) is 19.1 Å². The standard InChI is InChI=1S/C12H12Br2N2O2S2/c1-7-10(15)4-8(13)5-12(7)20(17,18)16-6-11-9(14)2-3-19-11/h2-5,16H,6,15H2,1H3. The Morgan fingerprint density at radius 1 is 1.35 bits per heavy atom. The van der Waals surface area contributed by atoms with Crippen LogP contribution >= 0.6 is 43.2 Å². The third-order valence-electron chi connectivity index (χ3n) is 2.77. The molecule has 0 bridgehead atoms. The molecule has 1 aromatic heterocycles. The van der Waals surface area contributed by atoms with Gasteiger partial charge in [0, 0.05) is 26.1 Å². The van der Waals surface area contributed by atoms with E-state index in [-0.39, 0.29) is 11.4 Å². The average molecular weight is 440 g/mol. The summed E-state index contributed by atoms with van der Waals surface area (Å²) in [5.41, 5.74) is 6.79. The Bertz CT molecular complexity index is 742. The van der Waals surface area contributed by atoms with Crippen molar-refractivity contribution in [2.45, 2.75) is 18.4 Å². The van der Waals surface area contributed by atoms with E-state index in [4.69, 9.17) is 5.73 Å². The van der Waals surface area contributed by atoms with Gasteiger partial charge < -0.3 is 5.73 Å². The molecule has 0 radical (unpaired) electrons. The average Bonchev–Trinajstić information content (AvgIpc) is 2.77. The Kier molecular flexibility index (Phi) is 4.91. The van der Waals surface area contributed by atoms with Crippen LogP contribution in [0.15, 0.2) is 37.4 Å². The number of nitrogen functional groups attached to an aromatic ring is 1. The summed E-state index contributed by atoms with van der Waals surface area (Å²) in [5.74, 6) is 0. The molecule has 3 N–H and O–H groups in total.